The third-order valence-electron chi connectivity index (χ3n) is 3.44. The van der Waals surface area contributed by atoms with E-state index in [1.807, 2.05) is 13.8 Å². The highest BCUT2D eigenvalue weighted by atomic mass is 16.1. The number of primary amides is 1. The maximum Gasteiger partial charge on any atom is 0.237 e. The van der Waals surface area contributed by atoms with Crippen molar-refractivity contribution in [3.63, 3.8) is 0 Å². The van der Waals surface area contributed by atoms with Crippen LogP contribution in [0.15, 0.2) is 0 Å². The summed E-state index contributed by atoms with van der Waals surface area (Å²) in [5.74, 6) is 0.563. The molecule has 0 heterocycles. The molecule has 1 rings (SSSR count). The van der Waals surface area contributed by atoms with Crippen LogP contribution in [0.5, 0.6) is 0 Å². The molecule has 1 amide bonds. The molecule has 88 valence electrons. The van der Waals surface area contributed by atoms with Gasteiger partial charge in [-0.1, -0.05) is 19.8 Å². The minimum atomic E-state index is -0.571. The zero-order valence-corrected chi connectivity index (χ0v) is 10.2. The summed E-state index contributed by atoms with van der Waals surface area (Å²) < 4.78 is 0. The Balaban J connectivity index is 2.47. The number of hydrogen-bond donors (Lipinski definition) is 2. The quantitative estimate of drug-likeness (QED) is 0.701. The van der Waals surface area contributed by atoms with Gasteiger partial charge in [0.1, 0.15) is 0 Å². The van der Waals surface area contributed by atoms with Gasteiger partial charge in [0, 0.05) is 6.04 Å². The van der Waals surface area contributed by atoms with Gasteiger partial charge in [-0.2, -0.15) is 0 Å². The lowest BCUT2D eigenvalue weighted by Crippen LogP contribution is -2.54. The number of hydrogen-bond acceptors (Lipinski definition) is 2. The van der Waals surface area contributed by atoms with Crippen LogP contribution in [0.2, 0.25) is 0 Å². The molecule has 0 aliphatic heterocycles. The maximum atomic E-state index is 11.2. The van der Waals surface area contributed by atoms with Crippen molar-refractivity contribution in [2.45, 2.75) is 64.5 Å². The van der Waals surface area contributed by atoms with Crippen LogP contribution in [0, 0.1) is 5.92 Å². The summed E-state index contributed by atoms with van der Waals surface area (Å²) in [6.45, 7) is 6.04. The fraction of sp³-hybridized carbons (Fsp3) is 0.917. The SMILES string of the molecule is CC1CCCC(NC(C)(C)C(N)=O)CC1. The summed E-state index contributed by atoms with van der Waals surface area (Å²) in [5.41, 5.74) is 4.78. The summed E-state index contributed by atoms with van der Waals surface area (Å²) >= 11 is 0. The minimum absolute atomic E-state index is 0.264. The van der Waals surface area contributed by atoms with Crippen LogP contribution in [-0.4, -0.2) is 17.5 Å². The standard InChI is InChI=1S/C12H24N2O/c1-9-5-4-6-10(8-7-9)14-12(2,3)11(13)15/h9-10,14H,4-8H2,1-3H3,(H2,13,15). The smallest absolute Gasteiger partial charge is 0.237 e. The molecule has 0 saturated heterocycles. The number of carbonyl (C=O) groups is 1. The molecule has 0 aromatic carbocycles. The molecule has 3 heteroatoms. The molecule has 1 saturated carbocycles. The highest BCUT2D eigenvalue weighted by Crippen LogP contribution is 2.23. The summed E-state index contributed by atoms with van der Waals surface area (Å²) in [6, 6.07) is 0.456. The Morgan fingerprint density at radius 1 is 1.27 bits per heavy atom. The molecule has 0 spiro atoms. The normalized spacial score (nSPS) is 28.5. The molecule has 0 aromatic heterocycles. The molecule has 0 radical (unpaired) electrons. The Bertz CT molecular complexity index is 226. The Morgan fingerprint density at radius 3 is 2.53 bits per heavy atom. The molecule has 0 aromatic rings. The Morgan fingerprint density at radius 2 is 1.93 bits per heavy atom. The third-order valence-corrected chi connectivity index (χ3v) is 3.44. The van der Waals surface area contributed by atoms with Gasteiger partial charge in [0.15, 0.2) is 0 Å². The predicted octanol–water partition coefficient (Wildman–Crippen LogP) is 1.81. The fourth-order valence-electron chi connectivity index (χ4n) is 2.21. The number of nitrogens with one attached hydrogen (secondary N) is 1. The molecule has 15 heavy (non-hydrogen) atoms. The van der Waals surface area contributed by atoms with Crippen LogP contribution in [-0.2, 0) is 4.79 Å². The van der Waals surface area contributed by atoms with Crippen molar-refractivity contribution in [1.82, 2.24) is 5.32 Å². The average molecular weight is 212 g/mol. The molecule has 3 nitrogen and oxygen atoms in total. The van der Waals surface area contributed by atoms with Gasteiger partial charge < -0.3 is 11.1 Å². The molecule has 2 unspecified atom stereocenters. The van der Waals surface area contributed by atoms with E-state index in [0.29, 0.717) is 6.04 Å². The zero-order valence-electron chi connectivity index (χ0n) is 10.2. The highest BCUT2D eigenvalue weighted by Gasteiger charge is 2.28. The molecule has 1 aliphatic rings. The second-order valence-electron chi connectivity index (χ2n) is 5.44. The topological polar surface area (TPSA) is 55.1 Å². The van der Waals surface area contributed by atoms with Crippen LogP contribution in [0.25, 0.3) is 0 Å². The summed E-state index contributed by atoms with van der Waals surface area (Å²) in [4.78, 5) is 11.2. The predicted molar refractivity (Wildman–Crippen MR) is 62.4 cm³/mol. The lowest BCUT2D eigenvalue weighted by Gasteiger charge is -2.28. The second-order valence-corrected chi connectivity index (χ2v) is 5.44. The number of amides is 1. The van der Waals surface area contributed by atoms with Crippen molar-refractivity contribution < 1.29 is 4.79 Å². The first-order chi connectivity index (χ1) is 6.92. The van der Waals surface area contributed by atoms with E-state index in [9.17, 15) is 4.79 Å². The van der Waals surface area contributed by atoms with Gasteiger partial charge in [-0.05, 0) is 39.0 Å². The van der Waals surface area contributed by atoms with Crippen LogP contribution in [0.3, 0.4) is 0 Å². The second kappa shape index (κ2) is 4.97. The van der Waals surface area contributed by atoms with Crippen molar-refractivity contribution in [3.8, 4) is 0 Å². The highest BCUT2D eigenvalue weighted by molar-refractivity contribution is 5.83. The monoisotopic (exact) mass is 212 g/mol. The molecule has 2 atom stereocenters. The van der Waals surface area contributed by atoms with Crippen molar-refractivity contribution >= 4 is 5.91 Å². The number of nitrogens with two attached hydrogens (primary N) is 1. The van der Waals surface area contributed by atoms with Gasteiger partial charge in [-0.25, -0.2) is 0 Å². The van der Waals surface area contributed by atoms with Gasteiger partial charge in [0.05, 0.1) is 5.54 Å². The first-order valence-corrected chi connectivity index (χ1v) is 5.99. The molecule has 3 N–H and O–H groups in total. The number of carbonyl (C=O) groups excluding carboxylic acids is 1. The molecule has 1 fully saturated rings. The van der Waals surface area contributed by atoms with Gasteiger partial charge >= 0.3 is 0 Å². The Labute approximate surface area is 92.8 Å². The third kappa shape index (κ3) is 3.82. The minimum Gasteiger partial charge on any atom is -0.368 e. The van der Waals surface area contributed by atoms with Crippen LogP contribution in [0.4, 0.5) is 0 Å². The molecular formula is C12H24N2O. The first kappa shape index (κ1) is 12.5. The van der Waals surface area contributed by atoms with Crippen LogP contribution in [0.1, 0.15) is 52.9 Å². The lowest BCUT2D eigenvalue weighted by molar-refractivity contribution is -0.123. The molecule has 1 aliphatic carbocycles. The first-order valence-electron chi connectivity index (χ1n) is 5.99. The van der Waals surface area contributed by atoms with Crippen molar-refractivity contribution in [2.75, 3.05) is 0 Å². The Hall–Kier alpha value is -0.570. The molecule has 0 bridgehead atoms. The largest absolute Gasteiger partial charge is 0.368 e. The van der Waals surface area contributed by atoms with E-state index in [0.717, 1.165) is 12.3 Å². The van der Waals surface area contributed by atoms with Gasteiger partial charge in [0.25, 0.3) is 0 Å². The zero-order chi connectivity index (χ0) is 11.5. The van der Waals surface area contributed by atoms with E-state index in [1.54, 1.807) is 0 Å². The maximum absolute atomic E-state index is 11.2. The number of rotatable bonds is 3. The van der Waals surface area contributed by atoms with Gasteiger partial charge in [-0.15, -0.1) is 0 Å². The van der Waals surface area contributed by atoms with Crippen molar-refractivity contribution in [2.24, 2.45) is 11.7 Å². The lowest BCUT2D eigenvalue weighted by atomic mass is 9.99. The summed E-state index contributed by atoms with van der Waals surface area (Å²) in [6.07, 6.45) is 6.16. The fourth-order valence-corrected chi connectivity index (χ4v) is 2.21. The van der Waals surface area contributed by atoms with Crippen molar-refractivity contribution in [1.29, 1.82) is 0 Å². The van der Waals surface area contributed by atoms with Gasteiger partial charge in [0.2, 0.25) is 5.91 Å². The van der Waals surface area contributed by atoms with Crippen molar-refractivity contribution in [3.05, 3.63) is 0 Å². The van der Waals surface area contributed by atoms with E-state index in [1.165, 1.54) is 25.7 Å². The van der Waals surface area contributed by atoms with E-state index < -0.39 is 5.54 Å². The van der Waals surface area contributed by atoms with Crippen LogP contribution >= 0.6 is 0 Å². The van der Waals surface area contributed by atoms with E-state index in [2.05, 4.69) is 12.2 Å². The van der Waals surface area contributed by atoms with E-state index >= 15 is 0 Å². The van der Waals surface area contributed by atoms with E-state index in [-0.39, 0.29) is 5.91 Å². The van der Waals surface area contributed by atoms with Gasteiger partial charge in [-0.3, -0.25) is 4.79 Å². The average Bonchev–Trinajstić information content (AvgIpc) is 2.30. The summed E-state index contributed by atoms with van der Waals surface area (Å²) in [5, 5.41) is 3.38. The Kier molecular flexibility index (Phi) is 4.14. The van der Waals surface area contributed by atoms with E-state index in [4.69, 9.17) is 5.73 Å². The molecular weight excluding hydrogens is 188 g/mol. The van der Waals surface area contributed by atoms with Crippen LogP contribution < -0.4 is 11.1 Å². The summed E-state index contributed by atoms with van der Waals surface area (Å²) in [7, 11) is 0.